The fourth-order valence-corrected chi connectivity index (χ4v) is 4.25. The summed E-state index contributed by atoms with van der Waals surface area (Å²) in [5.74, 6) is 1.77. The highest BCUT2D eigenvalue weighted by Gasteiger charge is 2.17. The van der Waals surface area contributed by atoms with Crippen molar-refractivity contribution in [3.63, 3.8) is 0 Å². The van der Waals surface area contributed by atoms with Gasteiger partial charge in [-0.1, -0.05) is 45.4 Å². The molecule has 2 N–H and O–H groups in total. The minimum Gasteiger partial charge on any atom is -0.497 e. The molecule has 0 radical (unpaired) electrons. The Kier molecular flexibility index (Phi) is 16.3. The molecular formula is C29H30BBr2F2IO6. The molecule has 4 aromatic carbocycles. The lowest BCUT2D eigenvalue weighted by Crippen LogP contribution is -2.31. The number of benzene rings is 4. The van der Waals surface area contributed by atoms with Crippen molar-refractivity contribution < 1.29 is 37.8 Å². The molecule has 0 saturated carbocycles. The average Bonchev–Trinajstić information content (AvgIpc) is 2.95. The number of hydrogen-bond acceptors (Lipinski definition) is 6. The van der Waals surface area contributed by atoms with Gasteiger partial charge in [-0.15, -0.1) is 0 Å². The fraction of sp³-hybridized carbons (Fsp3) is 0.172. The second-order valence-corrected chi connectivity index (χ2v) is 10.7. The Morgan fingerprint density at radius 1 is 0.634 bits per heavy atom. The van der Waals surface area contributed by atoms with E-state index in [2.05, 4.69) is 31.9 Å². The zero-order valence-corrected chi connectivity index (χ0v) is 27.3. The third-order valence-corrected chi connectivity index (χ3v) is 7.09. The third-order valence-electron chi connectivity index (χ3n) is 5.22. The van der Waals surface area contributed by atoms with Crippen molar-refractivity contribution in [1.82, 2.24) is 0 Å². The monoisotopic (exact) mass is 808 g/mol. The molecule has 220 valence electrons. The Balaban J connectivity index is 0.000000322. The van der Waals surface area contributed by atoms with Gasteiger partial charge in [-0.3, -0.25) is 0 Å². The van der Waals surface area contributed by atoms with Crippen molar-refractivity contribution in [2.24, 2.45) is 0 Å². The fourth-order valence-electron chi connectivity index (χ4n) is 3.24. The number of ether oxygens (including phenoxy) is 4. The summed E-state index contributed by atoms with van der Waals surface area (Å²) in [6.07, 6.45) is 0. The van der Waals surface area contributed by atoms with Gasteiger partial charge < -0.3 is 29.0 Å². The molecule has 41 heavy (non-hydrogen) atoms. The molecule has 0 aliphatic heterocycles. The van der Waals surface area contributed by atoms with Crippen LogP contribution in [0.1, 0.15) is 7.43 Å². The van der Waals surface area contributed by atoms with Crippen molar-refractivity contribution in [3.05, 3.63) is 96.9 Å². The van der Waals surface area contributed by atoms with Crippen LogP contribution < -0.4 is 24.4 Å². The third kappa shape index (κ3) is 11.1. The lowest BCUT2D eigenvalue weighted by molar-refractivity contribution is 0.395. The van der Waals surface area contributed by atoms with Crippen LogP contribution >= 0.6 is 54.5 Å². The van der Waals surface area contributed by atoms with Crippen molar-refractivity contribution in [1.29, 1.82) is 0 Å². The molecule has 4 rings (SSSR count). The van der Waals surface area contributed by atoms with Crippen LogP contribution in [0.2, 0.25) is 0 Å². The average molecular weight is 810 g/mol. The molecular weight excluding hydrogens is 780 g/mol. The van der Waals surface area contributed by atoms with E-state index >= 15 is 0 Å². The standard InChI is InChI=1S/C14H12BrFO2.C8H11BO4.C6H3BrFI.CH4/c1-17-10-4-6-14(18-2)12(8-10)11-5-3-9(15)7-13(11)16;1-12-6-3-4-8(13-2)7(5-6)9(10)11;7-4-1-2-6(9)5(8)3-4;/h3-8H,1-2H3;3-5,10-11H,1-2H3;1-3H;1H4. The minimum atomic E-state index is -1.55. The van der Waals surface area contributed by atoms with Gasteiger partial charge in [0, 0.05) is 29.1 Å². The Morgan fingerprint density at radius 3 is 1.61 bits per heavy atom. The summed E-state index contributed by atoms with van der Waals surface area (Å²) in [5, 5.41) is 18.0. The molecule has 0 saturated heterocycles. The Bertz CT molecular complexity index is 1410. The van der Waals surface area contributed by atoms with Gasteiger partial charge in [-0.2, -0.15) is 0 Å². The topological polar surface area (TPSA) is 77.4 Å². The predicted octanol–water partition coefficient (Wildman–Crippen LogP) is 7.48. The van der Waals surface area contributed by atoms with E-state index in [9.17, 15) is 8.78 Å². The molecule has 6 nitrogen and oxygen atoms in total. The first kappa shape index (κ1) is 36.6. The molecule has 0 aromatic heterocycles. The Labute approximate surface area is 270 Å². The summed E-state index contributed by atoms with van der Waals surface area (Å²) in [7, 11) is 4.55. The minimum absolute atomic E-state index is 0. The van der Waals surface area contributed by atoms with Crippen molar-refractivity contribution >= 4 is 67.0 Å². The van der Waals surface area contributed by atoms with E-state index in [1.54, 1.807) is 62.8 Å². The van der Waals surface area contributed by atoms with E-state index in [0.29, 0.717) is 47.6 Å². The summed E-state index contributed by atoms with van der Waals surface area (Å²) < 4.78 is 48.9. The van der Waals surface area contributed by atoms with Gasteiger partial charge >= 0.3 is 7.12 Å². The van der Waals surface area contributed by atoms with Crippen LogP contribution in [0.15, 0.2) is 81.7 Å². The molecule has 4 aromatic rings. The van der Waals surface area contributed by atoms with E-state index in [1.165, 1.54) is 32.4 Å². The smallest absolute Gasteiger partial charge is 0.492 e. The predicted molar refractivity (Wildman–Crippen MR) is 176 cm³/mol. The molecule has 0 amide bonds. The molecule has 0 bridgehead atoms. The maximum absolute atomic E-state index is 14.0. The molecule has 0 heterocycles. The Hall–Kier alpha value is -2.39. The van der Waals surface area contributed by atoms with Crippen LogP contribution in [0.5, 0.6) is 23.0 Å². The highest BCUT2D eigenvalue weighted by Crippen LogP contribution is 2.35. The van der Waals surface area contributed by atoms with E-state index in [-0.39, 0.29) is 19.1 Å². The van der Waals surface area contributed by atoms with E-state index in [4.69, 9.17) is 29.0 Å². The lowest BCUT2D eigenvalue weighted by atomic mass is 9.79. The highest BCUT2D eigenvalue weighted by atomic mass is 127. The molecule has 0 spiro atoms. The van der Waals surface area contributed by atoms with Crippen molar-refractivity contribution in [2.75, 3.05) is 28.4 Å². The van der Waals surface area contributed by atoms with Gasteiger partial charge in [-0.05, 0) is 89.3 Å². The van der Waals surface area contributed by atoms with Gasteiger partial charge in [0.15, 0.2) is 0 Å². The van der Waals surface area contributed by atoms with Gasteiger partial charge in [0.05, 0.1) is 28.4 Å². The zero-order valence-electron chi connectivity index (χ0n) is 21.9. The molecule has 0 aliphatic carbocycles. The first-order valence-corrected chi connectivity index (χ1v) is 14.1. The summed E-state index contributed by atoms with van der Waals surface area (Å²) in [6, 6.07) is 20.0. The number of hydrogen-bond donors (Lipinski definition) is 2. The van der Waals surface area contributed by atoms with Gasteiger partial charge in [-0.25, -0.2) is 8.78 Å². The largest absolute Gasteiger partial charge is 0.497 e. The summed E-state index contributed by atoms with van der Waals surface area (Å²) >= 11 is 8.33. The van der Waals surface area contributed by atoms with Crippen LogP contribution in [0, 0.1) is 15.2 Å². The van der Waals surface area contributed by atoms with Crippen molar-refractivity contribution in [2.45, 2.75) is 7.43 Å². The van der Waals surface area contributed by atoms with Crippen LogP contribution in [0.25, 0.3) is 11.1 Å². The molecule has 12 heteroatoms. The van der Waals surface area contributed by atoms with Gasteiger partial charge in [0.1, 0.15) is 34.6 Å². The first-order chi connectivity index (χ1) is 19.0. The van der Waals surface area contributed by atoms with Crippen LogP contribution in [0.4, 0.5) is 8.78 Å². The molecule has 0 unspecified atom stereocenters. The van der Waals surface area contributed by atoms with Gasteiger partial charge in [0.2, 0.25) is 0 Å². The summed E-state index contributed by atoms with van der Waals surface area (Å²) in [6.45, 7) is 0. The van der Waals surface area contributed by atoms with Gasteiger partial charge in [0.25, 0.3) is 0 Å². The number of methoxy groups -OCH3 is 4. The molecule has 0 fully saturated rings. The van der Waals surface area contributed by atoms with Crippen LogP contribution in [-0.2, 0) is 0 Å². The maximum atomic E-state index is 14.0. The van der Waals surface area contributed by atoms with E-state index < -0.39 is 7.12 Å². The highest BCUT2D eigenvalue weighted by molar-refractivity contribution is 14.1. The van der Waals surface area contributed by atoms with Crippen LogP contribution in [0.3, 0.4) is 0 Å². The lowest BCUT2D eigenvalue weighted by Gasteiger charge is -2.11. The van der Waals surface area contributed by atoms with Crippen LogP contribution in [-0.4, -0.2) is 45.6 Å². The first-order valence-electron chi connectivity index (χ1n) is 11.4. The van der Waals surface area contributed by atoms with E-state index in [1.807, 2.05) is 28.7 Å². The van der Waals surface area contributed by atoms with Crippen molar-refractivity contribution in [3.8, 4) is 34.1 Å². The quantitative estimate of drug-likeness (QED) is 0.120. The molecule has 0 atom stereocenters. The number of halogens is 5. The maximum Gasteiger partial charge on any atom is 0.492 e. The Morgan fingerprint density at radius 2 is 1.15 bits per heavy atom. The second kappa shape index (κ2) is 18.2. The number of rotatable bonds is 6. The van der Waals surface area contributed by atoms with E-state index in [0.717, 1.165) is 4.47 Å². The zero-order chi connectivity index (χ0) is 29.8. The second-order valence-electron chi connectivity index (χ2n) is 7.73. The normalized spacial score (nSPS) is 9.63. The summed E-state index contributed by atoms with van der Waals surface area (Å²) in [4.78, 5) is 0. The molecule has 0 aliphatic rings. The SMILES string of the molecule is C.COc1ccc(OC)c(-c2ccc(Br)cc2F)c1.COc1ccc(OC)c(B(O)O)c1.Fc1cc(Br)ccc1I. The summed E-state index contributed by atoms with van der Waals surface area (Å²) in [5.41, 5.74) is 1.44.